The van der Waals surface area contributed by atoms with Gasteiger partial charge in [0.15, 0.2) is 0 Å². The zero-order valence-corrected chi connectivity index (χ0v) is 11.4. The van der Waals surface area contributed by atoms with Crippen LogP contribution in [-0.2, 0) is 4.74 Å². The van der Waals surface area contributed by atoms with Crippen molar-refractivity contribution in [2.24, 2.45) is 5.84 Å². The zero-order valence-electron chi connectivity index (χ0n) is 11.4. The maximum Gasteiger partial charge on any atom is 0.323 e. The number of aromatic nitrogens is 5. The minimum Gasteiger partial charge on any atom is -0.458 e. The van der Waals surface area contributed by atoms with Gasteiger partial charge >= 0.3 is 6.01 Å². The highest BCUT2D eigenvalue weighted by atomic mass is 16.5. The summed E-state index contributed by atoms with van der Waals surface area (Å²) in [5.74, 6) is 5.92. The van der Waals surface area contributed by atoms with Crippen LogP contribution in [0.3, 0.4) is 0 Å². The van der Waals surface area contributed by atoms with E-state index in [0.29, 0.717) is 19.2 Å². The van der Waals surface area contributed by atoms with E-state index in [-0.39, 0.29) is 18.1 Å². The maximum absolute atomic E-state index is 5.58. The number of nitrogens with two attached hydrogens (primary N) is 1. The van der Waals surface area contributed by atoms with Gasteiger partial charge in [-0.2, -0.15) is 15.0 Å². The number of nitrogens with one attached hydrogen (secondary N) is 1. The van der Waals surface area contributed by atoms with Crippen molar-refractivity contribution < 1.29 is 9.47 Å². The number of nitrogen functional groups attached to an aromatic ring is 1. The number of hydrogen-bond acceptors (Lipinski definition) is 8. The Morgan fingerprint density at radius 3 is 2.90 bits per heavy atom. The summed E-state index contributed by atoms with van der Waals surface area (Å²) in [5.41, 5.74) is 2.38. The second-order valence-corrected chi connectivity index (χ2v) is 3.94. The van der Waals surface area contributed by atoms with Crippen molar-refractivity contribution in [3.63, 3.8) is 0 Å². The van der Waals surface area contributed by atoms with Crippen LogP contribution in [0.25, 0.3) is 5.95 Å². The van der Waals surface area contributed by atoms with Gasteiger partial charge in [-0.15, -0.1) is 0 Å². The smallest absolute Gasteiger partial charge is 0.323 e. The molecule has 0 spiro atoms. The summed E-state index contributed by atoms with van der Waals surface area (Å²) in [6, 6.07) is 0.170. The fraction of sp³-hybridized carbons (Fsp3) is 0.455. The van der Waals surface area contributed by atoms with Crippen LogP contribution < -0.4 is 16.0 Å². The Balaban J connectivity index is 2.18. The summed E-state index contributed by atoms with van der Waals surface area (Å²) < 4.78 is 12.5. The molecule has 0 aliphatic carbocycles. The maximum atomic E-state index is 5.58. The van der Waals surface area contributed by atoms with Crippen molar-refractivity contribution in [3.8, 4) is 12.0 Å². The van der Waals surface area contributed by atoms with Gasteiger partial charge in [0.1, 0.15) is 12.4 Å². The van der Waals surface area contributed by atoms with Crippen LogP contribution in [0.4, 0.5) is 5.95 Å². The SMILES string of the molecule is CCOCC(C)Oc1nc(NN)nc(-n2ccnc2)n1. The molecule has 0 aliphatic rings. The third-order valence-corrected chi connectivity index (χ3v) is 2.33. The topological polar surface area (TPSA) is 113 Å². The van der Waals surface area contributed by atoms with Crippen LogP contribution in [0.1, 0.15) is 13.8 Å². The van der Waals surface area contributed by atoms with E-state index in [9.17, 15) is 0 Å². The third kappa shape index (κ3) is 3.62. The number of imidazole rings is 1. The first-order chi connectivity index (χ1) is 9.72. The second kappa shape index (κ2) is 6.78. The van der Waals surface area contributed by atoms with Crippen molar-refractivity contribution in [1.29, 1.82) is 0 Å². The molecule has 1 unspecified atom stereocenters. The summed E-state index contributed by atoms with van der Waals surface area (Å²) >= 11 is 0. The van der Waals surface area contributed by atoms with Crippen molar-refractivity contribution in [3.05, 3.63) is 18.7 Å². The Hall–Kier alpha value is -2.26. The number of hydrazine groups is 1. The van der Waals surface area contributed by atoms with Crippen LogP contribution in [0, 0.1) is 0 Å². The monoisotopic (exact) mass is 279 g/mol. The summed E-state index contributed by atoms with van der Waals surface area (Å²) in [7, 11) is 0. The number of ether oxygens (including phenoxy) is 2. The van der Waals surface area contributed by atoms with Gasteiger partial charge in [-0.1, -0.05) is 0 Å². The molecule has 0 aromatic carbocycles. The lowest BCUT2D eigenvalue weighted by Crippen LogP contribution is -2.22. The largest absolute Gasteiger partial charge is 0.458 e. The van der Waals surface area contributed by atoms with Crippen LogP contribution in [0.2, 0.25) is 0 Å². The zero-order chi connectivity index (χ0) is 14.4. The predicted molar refractivity (Wildman–Crippen MR) is 71.3 cm³/mol. The molecule has 20 heavy (non-hydrogen) atoms. The molecule has 2 aromatic heterocycles. The van der Waals surface area contributed by atoms with E-state index in [1.807, 2.05) is 13.8 Å². The van der Waals surface area contributed by atoms with Gasteiger partial charge in [-0.25, -0.2) is 10.8 Å². The quantitative estimate of drug-likeness (QED) is 0.544. The van der Waals surface area contributed by atoms with E-state index in [1.165, 1.54) is 0 Å². The molecule has 0 amide bonds. The molecule has 2 aromatic rings. The lowest BCUT2D eigenvalue weighted by atomic mass is 10.4. The fourth-order valence-corrected chi connectivity index (χ4v) is 1.45. The molecule has 0 bridgehead atoms. The van der Waals surface area contributed by atoms with Crippen molar-refractivity contribution in [1.82, 2.24) is 24.5 Å². The first-order valence-corrected chi connectivity index (χ1v) is 6.18. The molecule has 0 radical (unpaired) electrons. The highest BCUT2D eigenvalue weighted by molar-refractivity contribution is 5.28. The second-order valence-electron chi connectivity index (χ2n) is 3.94. The van der Waals surface area contributed by atoms with E-state index < -0.39 is 0 Å². The Labute approximate surface area is 116 Å². The number of rotatable bonds is 7. The van der Waals surface area contributed by atoms with Crippen LogP contribution in [-0.4, -0.2) is 43.8 Å². The van der Waals surface area contributed by atoms with Crippen molar-refractivity contribution in [2.45, 2.75) is 20.0 Å². The minimum atomic E-state index is -0.182. The molecule has 0 saturated carbocycles. The van der Waals surface area contributed by atoms with Crippen LogP contribution in [0.5, 0.6) is 6.01 Å². The van der Waals surface area contributed by atoms with Crippen LogP contribution in [0.15, 0.2) is 18.7 Å². The van der Waals surface area contributed by atoms with Crippen LogP contribution >= 0.6 is 0 Å². The molecule has 0 saturated heterocycles. The molecular weight excluding hydrogens is 262 g/mol. The average molecular weight is 279 g/mol. The molecule has 3 N–H and O–H groups in total. The summed E-state index contributed by atoms with van der Waals surface area (Å²) in [5, 5.41) is 0. The molecule has 0 fully saturated rings. The molecule has 1 atom stereocenters. The van der Waals surface area contributed by atoms with Gasteiger partial charge in [-0.05, 0) is 13.8 Å². The summed E-state index contributed by atoms with van der Waals surface area (Å²) in [6.07, 6.45) is 4.72. The normalized spacial score (nSPS) is 12.2. The lowest BCUT2D eigenvalue weighted by Gasteiger charge is -2.13. The molecule has 108 valence electrons. The molecule has 0 aliphatic heterocycles. The molecule has 2 heterocycles. The number of hydrogen-bond donors (Lipinski definition) is 2. The van der Waals surface area contributed by atoms with E-state index in [2.05, 4.69) is 25.4 Å². The van der Waals surface area contributed by atoms with Gasteiger partial charge in [0, 0.05) is 19.0 Å². The van der Waals surface area contributed by atoms with E-state index in [4.69, 9.17) is 15.3 Å². The first-order valence-electron chi connectivity index (χ1n) is 6.18. The molecule has 2 rings (SSSR count). The Morgan fingerprint density at radius 1 is 1.40 bits per heavy atom. The number of anilines is 1. The van der Waals surface area contributed by atoms with Gasteiger partial charge < -0.3 is 9.47 Å². The molecular formula is C11H17N7O2. The van der Waals surface area contributed by atoms with Crippen molar-refractivity contribution >= 4 is 5.95 Å². The van der Waals surface area contributed by atoms with E-state index in [0.717, 1.165) is 0 Å². The standard InChI is InChI=1S/C11H17N7O2/c1-3-19-6-8(2)20-11-15-9(17-12)14-10(16-11)18-5-4-13-7-18/h4-5,7-8H,3,6,12H2,1-2H3,(H,14,15,16,17). The van der Waals surface area contributed by atoms with Gasteiger partial charge in [0.25, 0.3) is 0 Å². The Bertz CT molecular complexity index is 532. The first kappa shape index (κ1) is 14.2. The Morgan fingerprint density at radius 2 is 2.25 bits per heavy atom. The molecule has 9 heteroatoms. The highest BCUT2D eigenvalue weighted by Crippen LogP contribution is 2.11. The minimum absolute atomic E-state index is 0.170. The average Bonchev–Trinajstić information content (AvgIpc) is 2.99. The Kier molecular flexibility index (Phi) is 4.80. The predicted octanol–water partition coefficient (Wildman–Crippen LogP) is 0.147. The molecule has 9 nitrogen and oxygen atoms in total. The van der Waals surface area contributed by atoms with E-state index >= 15 is 0 Å². The fourth-order valence-electron chi connectivity index (χ4n) is 1.45. The third-order valence-electron chi connectivity index (χ3n) is 2.33. The summed E-state index contributed by atoms with van der Waals surface area (Å²) in [6.45, 7) is 4.86. The number of nitrogens with zero attached hydrogens (tertiary/aromatic N) is 5. The lowest BCUT2D eigenvalue weighted by molar-refractivity contribution is 0.0606. The van der Waals surface area contributed by atoms with Gasteiger partial charge in [0.2, 0.25) is 11.9 Å². The van der Waals surface area contributed by atoms with Gasteiger partial charge in [0.05, 0.1) is 6.61 Å². The van der Waals surface area contributed by atoms with Gasteiger partial charge in [-0.3, -0.25) is 9.99 Å². The summed E-state index contributed by atoms with van der Waals surface area (Å²) in [4.78, 5) is 16.3. The highest BCUT2D eigenvalue weighted by Gasteiger charge is 2.11. The van der Waals surface area contributed by atoms with Crippen molar-refractivity contribution in [2.75, 3.05) is 18.6 Å². The van der Waals surface area contributed by atoms with E-state index in [1.54, 1.807) is 23.3 Å².